The fraction of sp³-hybridized carbons (Fsp3) is 0.391. The third kappa shape index (κ3) is 3.90. The fourth-order valence-corrected chi connectivity index (χ4v) is 5.18. The number of piperidine rings is 1. The van der Waals surface area contributed by atoms with Gasteiger partial charge in [-0.1, -0.05) is 47.7 Å². The summed E-state index contributed by atoms with van der Waals surface area (Å²) >= 11 is 1.76. The van der Waals surface area contributed by atoms with Gasteiger partial charge < -0.3 is 10.2 Å². The molecule has 0 bridgehead atoms. The molecule has 4 rings (SSSR count). The SMILES string of the molecule is Cc1cc(C)c2nc(N3CCC(C(=O)N[C@@H](C)c4ccccc4)CC3)sc2c1. The third-order valence-electron chi connectivity index (χ3n) is 5.61. The maximum absolute atomic E-state index is 12.7. The zero-order chi connectivity index (χ0) is 19.7. The molecule has 1 saturated heterocycles. The molecule has 3 aromatic rings. The molecule has 0 radical (unpaired) electrons. The summed E-state index contributed by atoms with van der Waals surface area (Å²) in [7, 11) is 0. The fourth-order valence-electron chi connectivity index (χ4n) is 3.98. The number of carbonyl (C=O) groups excluding carboxylic acids is 1. The van der Waals surface area contributed by atoms with Gasteiger partial charge in [0.2, 0.25) is 5.91 Å². The van der Waals surface area contributed by atoms with Crippen molar-refractivity contribution in [1.82, 2.24) is 10.3 Å². The Morgan fingerprint density at radius 3 is 2.61 bits per heavy atom. The lowest BCUT2D eigenvalue weighted by molar-refractivity contribution is -0.126. The van der Waals surface area contributed by atoms with Crippen LogP contribution in [-0.2, 0) is 4.79 Å². The average molecular weight is 394 g/mol. The van der Waals surface area contributed by atoms with Gasteiger partial charge in [0, 0.05) is 19.0 Å². The van der Waals surface area contributed by atoms with E-state index in [1.807, 2.05) is 25.1 Å². The molecule has 4 nitrogen and oxygen atoms in total. The minimum absolute atomic E-state index is 0.0437. The minimum atomic E-state index is 0.0437. The predicted molar refractivity (Wildman–Crippen MR) is 117 cm³/mol. The third-order valence-corrected chi connectivity index (χ3v) is 6.68. The van der Waals surface area contributed by atoms with Crippen molar-refractivity contribution in [3.05, 3.63) is 59.2 Å². The maximum atomic E-state index is 12.7. The summed E-state index contributed by atoms with van der Waals surface area (Å²) in [4.78, 5) is 19.9. The number of thiazole rings is 1. The Kier molecular flexibility index (Phi) is 5.36. The number of aromatic nitrogens is 1. The lowest BCUT2D eigenvalue weighted by atomic mass is 9.95. The summed E-state index contributed by atoms with van der Waals surface area (Å²) in [6.07, 6.45) is 1.75. The molecular weight excluding hydrogens is 366 g/mol. The first-order valence-electron chi connectivity index (χ1n) is 9.99. The molecule has 0 saturated carbocycles. The van der Waals surface area contributed by atoms with Gasteiger partial charge in [0.1, 0.15) is 0 Å². The van der Waals surface area contributed by atoms with Crippen LogP contribution in [0, 0.1) is 19.8 Å². The largest absolute Gasteiger partial charge is 0.349 e. The minimum Gasteiger partial charge on any atom is -0.349 e. The number of hydrogen-bond donors (Lipinski definition) is 1. The molecule has 0 unspecified atom stereocenters. The molecule has 1 amide bonds. The van der Waals surface area contributed by atoms with Gasteiger partial charge in [-0.2, -0.15) is 0 Å². The molecule has 0 spiro atoms. The van der Waals surface area contributed by atoms with Crippen molar-refractivity contribution < 1.29 is 4.79 Å². The first kappa shape index (κ1) is 18.9. The molecule has 1 atom stereocenters. The van der Waals surface area contributed by atoms with Gasteiger partial charge in [0.15, 0.2) is 5.13 Å². The van der Waals surface area contributed by atoms with Crippen molar-refractivity contribution in [2.75, 3.05) is 18.0 Å². The van der Waals surface area contributed by atoms with E-state index in [4.69, 9.17) is 4.98 Å². The summed E-state index contributed by atoms with van der Waals surface area (Å²) in [5.41, 5.74) is 4.78. The van der Waals surface area contributed by atoms with Crippen molar-refractivity contribution in [1.29, 1.82) is 0 Å². The highest BCUT2D eigenvalue weighted by Crippen LogP contribution is 2.33. The monoisotopic (exact) mass is 393 g/mol. The Balaban J connectivity index is 1.38. The van der Waals surface area contributed by atoms with E-state index in [-0.39, 0.29) is 17.9 Å². The number of fused-ring (bicyclic) bond motifs is 1. The van der Waals surface area contributed by atoms with Gasteiger partial charge in [-0.05, 0) is 56.4 Å². The molecule has 146 valence electrons. The van der Waals surface area contributed by atoms with E-state index in [1.54, 1.807) is 11.3 Å². The van der Waals surface area contributed by atoms with E-state index in [1.165, 1.54) is 15.8 Å². The highest BCUT2D eigenvalue weighted by atomic mass is 32.1. The van der Waals surface area contributed by atoms with Crippen LogP contribution in [-0.4, -0.2) is 24.0 Å². The molecule has 1 aliphatic rings. The molecule has 5 heteroatoms. The topological polar surface area (TPSA) is 45.2 Å². The van der Waals surface area contributed by atoms with Crippen molar-refractivity contribution in [3.8, 4) is 0 Å². The highest BCUT2D eigenvalue weighted by molar-refractivity contribution is 7.22. The molecule has 1 fully saturated rings. The second kappa shape index (κ2) is 7.92. The standard InChI is InChI=1S/C23H27N3OS/c1-15-13-16(2)21-20(14-15)28-23(25-21)26-11-9-19(10-12-26)22(27)24-17(3)18-7-5-4-6-8-18/h4-8,13-14,17,19H,9-12H2,1-3H3,(H,24,27)/t17-/m0/s1. The lowest BCUT2D eigenvalue weighted by Crippen LogP contribution is -2.41. The molecule has 28 heavy (non-hydrogen) atoms. The van der Waals surface area contributed by atoms with Crippen molar-refractivity contribution in [2.24, 2.45) is 5.92 Å². The first-order valence-corrected chi connectivity index (χ1v) is 10.8. The van der Waals surface area contributed by atoms with Crippen LogP contribution in [0.4, 0.5) is 5.13 Å². The van der Waals surface area contributed by atoms with E-state index in [2.05, 4.69) is 48.3 Å². The number of aryl methyl sites for hydroxylation is 2. The number of amides is 1. The zero-order valence-corrected chi connectivity index (χ0v) is 17.6. The number of benzene rings is 2. The van der Waals surface area contributed by atoms with Crippen molar-refractivity contribution in [2.45, 2.75) is 39.7 Å². The van der Waals surface area contributed by atoms with E-state index < -0.39 is 0 Å². The van der Waals surface area contributed by atoms with Gasteiger partial charge in [0.05, 0.1) is 16.3 Å². The summed E-state index contributed by atoms with van der Waals surface area (Å²) in [6, 6.07) is 14.6. The Bertz CT molecular complexity index is 974. The second-order valence-corrected chi connectivity index (χ2v) is 8.84. The predicted octanol–water partition coefficient (Wildman–Crippen LogP) is 5.01. The second-order valence-electron chi connectivity index (χ2n) is 7.83. The molecule has 1 aromatic heterocycles. The Labute approximate surface area is 170 Å². The summed E-state index contributed by atoms with van der Waals surface area (Å²) < 4.78 is 1.25. The molecule has 2 aromatic carbocycles. The molecular formula is C23H27N3OS. The average Bonchev–Trinajstić information content (AvgIpc) is 3.13. The van der Waals surface area contributed by atoms with Crippen LogP contribution in [0.3, 0.4) is 0 Å². The van der Waals surface area contributed by atoms with Gasteiger partial charge in [0.25, 0.3) is 0 Å². The Morgan fingerprint density at radius 1 is 1.18 bits per heavy atom. The normalized spacial score (nSPS) is 16.3. The number of rotatable bonds is 4. The van der Waals surface area contributed by atoms with E-state index in [9.17, 15) is 4.79 Å². The molecule has 0 aliphatic carbocycles. The van der Waals surface area contributed by atoms with Crippen molar-refractivity contribution in [3.63, 3.8) is 0 Å². The van der Waals surface area contributed by atoms with Gasteiger partial charge >= 0.3 is 0 Å². The zero-order valence-electron chi connectivity index (χ0n) is 16.7. The quantitative estimate of drug-likeness (QED) is 0.678. The van der Waals surface area contributed by atoms with Crippen LogP contribution in [0.25, 0.3) is 10.2 Å². The Hall–Kier alpha value is -2.40. The van der Waals surface area contributed by atoms with Crippen LogP contribution in [0.15, 0.2) is 42.5 Å². The maximum Gasteiger partial charge on any atom is 0.223 e. The number of hydrogen-bond acceptors (Lipinski definition) is 4. The Morgan fingerprint density at radius 2 is 1.89 bits per heavy atom. The molecule has 1 aliphatic heterocycles. The summed E-state index contributed by atoms with van der Waals surface area (Å²) in [6.45, 7) is 8.08. The van der Waals surface area contributed by atoms with Crippen LogP contribution in [0.2, 0.25) is 0 Å². The van der Waals surface area contributed by atoms with Crippen molar-refractivity contribution >= 4 is 32.6 Å². The number of anilines is 1. The van der Waals surface area contributed by atoms with Gasteiger partial charge in [-0.15, -0.1) is 0 Å². The van der Waals surface area contributed by atoms with Crippen LogP contribution in [0.1, 0.15) is 42.5 Å². The van der Waals surface area contributed by atoms with Gasteiger partial charge in [-0.3, -0.25) is 4.79 Å². The van der Waals surface area contributed by atoms with E-state index in [0.29, 0.717) is 0 Å². The van der Waals surface area contributed by atoms with E-state index in [0.717, 1.165) is 42.1 Å². The summed E-state index contributed by atoms with van der Waals surface area (Å²) in [5, 5.41) is 4.27. The van der Waals surface area contributed by atoms with Gasteiger partial charge in [-0.25, -0.2) is 4.98 Å². The smallest absolute Gasteiger partial charge is 0.223 e. The van der Waals surface area contributed by atoms with Crippen LogP contribution in [0.5, 0.6) is 0 Å². The lowest BCUT2D eigenvalue weighted by Gasteiger charge is -2.31. The van der Waals surface area contributed by atoms with E-state index >= 15 is 0 Å². The van der Waals surface area contributed by atoms with Crippen LogP contribution >= 0.6 is 11.3 Å². The summed E-state index contributed by atoms with van der Waals surface area (Å²) in [5.74, 6) is 0.257. The first-order chi connectivity index (χ1) is 13.5. The number of nitrogens with one attached hydrogen (secondary N) is 1. The number of nitrogens with zero attached hydrogens (tertiary/aromatic N) is 2. The number of carbonyl (C=O) groups is 1. The molecule has 1 N–H and O–H groups in total. The molecule has 2 heterocycles. The highest BCUT2D eigenvalue weighted by Gasteiger charge is 2.27. The van der Waals surface area contributed by atoms with Crippen LogP contribution < -0.4 is 10.2 Å².